The summed E-state index contributed by atoms with van der Waals surface area (Å²) in [5.74, 6) is 0.695. The van der Waals surface area contributed by atoms with E-state index in [2.05, 4.69) is 31.2 Å². The van der Waals surface area contributed by atoms with Gasteiger partial charge in [0.15, 0.2) is 11.2 Å². The number of hydrogen-bond acceptors (Lipinski definition) is 8. The Hall–Kier alpha value is -3.38. The molecule has 2 saturated heterocycles. The van der Waals surface area contributed by atoms with E-state index < -0.39 is 11.8 Å². The fraction of sp³-hybridized carbons (Fsp3) is 0.458. The van der Waals surface area contributed by atoms with Crippen LogP contribution in [0.2, 0.25) is 0 Å². The second-order valence-electron chi connectivity index (χ2n) is 9.61. The largest absolute Gasteiger partial charge is 0.417 e. The number of pyridine rings is 1. The first kappa shape index (κ1) is 23.0. The molecule has 5 heterocycles. The minimum Gasteiger partial charge on any atom is -0.380 e. The molecule has 12 heteroatoms. The van der Waals surface area contributed by atoms with Gasteiger partial charge in [-0.05, 0) is 43.0 Å². The lowest BCUT2D eigenvalue weighted by molar-refractivity contribution is -0.273. The standard InChI is InChI=1S/C24H25F3N8O/c25-24(26,27)23(36)6-10-33(11-7-23)18-5-9-34(15-18)20-13-29-21-22(30-20)35(32-31-21)14-16-3-4-19-17(12-16)2-1-8-28-19/h1-4,8,12-13,18,36H,5-7,9-11,14-15H2. The number of nitrogens with zero attached hydrogens (tertiary/aromatic N) is 8. The van der Waals surface area contributed by atoms with Crippen LogP contribution in [0.4, 0.5) is 19.0 Å². The molecule has 1 aromatic carbocycles. The summed E-state index contributed by atoms with van der Waals surface area (Å²) in [6, 6.07) is 10.1. The van der Waals surface area contributed by atoms with Gasteiger partial charge in [0.1, 0.15) is 5.82 Å². The zero-order chi connectivity index (χ0) is 24.9. The SMILES string of the molecule is OC1(C(F)(F)F)CCN(C2CCN(c3cnc4nnn(Cc5ccc6ncccc6c5)c4n3)C2)CC1. The Morgan fingerprint density at radius 2 is 1.92 bits per heavy atom. The second kappa shape index (κ2) is 8.63. The quantitative estimate of drug-likeness (QED) is 0.459. The Bertz CT molecular complexity index is 1400. The summed E-state index contributed by atoms with van der Waals surface area (Å²) in [6.07, 6.45) is -0.938. The molecule has 1 N–H and O–H groups in total. The van der Waals surface area contributed by atoms with Crippen LogP contribution in [-0.2, 0) is 6.54 Å². The van der Waals surface area contributed by atoms with Crippen LogP contribution in [-0.4, -0.2) is 84.0 Å². The van der Waals surface area contributed by atoms with Gasteiger partial charge in [-0.25, -0.2) is 14.6 Å². The topological polar surface area (TPSA) is 96.1 Å². The number of likely N-dealkylation sites (tertiary alicyclic amines) is 1. The predicted molar refractivity (Wildman–Crippen MR) is 126 cm³/mol. The number of anilines is 1. The van der Waals surface area contributed by atoms with Crippen molar-refractivity contribution in [1.29, 1.82) is 0 Å². The lowest BCUT2D eigenvalue weighted by Gasteiger charge is -2.41. The molecule has 0 radical (unpaired) electrons. The highest BCUT2D eigenvalue weighted by molar-refractivity contribution is 5.79. The Kier molecular flexibility index (Phi) is 5.52. The smallest absolute Gasteiger partial charge is 0.380 e. The molecular weight excluding hydrogens is 473 g/mol. The Balaban J connectivity index is 1.16. The van der Waals surface area contributed by atoms with Gasteiger partial charge in [0, 0.05) is 43.8 Å². The van der Waals surface area contributed by atoms with E-state index in [1.54, 1.807) is 17.1 Å². The lowest BCUT2D eigenvalue weighted by atomic mass is 9.90. The minimum absolute atomic E-state index is 0.106. The van der Waals surface area contributed by atoms with Gasteiger partial charge in [0.2, 0.25) is 5.65 Å². The molecule has 0 saturated carbocycles. The van der Waals surface area contributed by atoms with Crippen molar-refractivity contribution < 1.29 is 18.3 Å². The molecular formula is C24H25F3N8O. The third-order valence-corrected chi connectivity index (χ3v) is 7.37. The number of fused-ring (bicyclic) bond motifs is 2. The summed E-state index contributed by atoms with van der Waals surface area (Å²) in [5.41, 5.74) is 0.423. The maximum absolute atomic E-state index is 13.1. The normalized spacial score (nSPS) is 21.0. The minimum atomic E-state index is -4.59. The number of piperidine rings is 1. The van der Waals surface area contributed by atoms with Gasteiger partial charge in [-0.15, -0.1) is 5.10 Å². The van der Waals surface area contributed by atoms with Crippen LogP contribution in [0, 0.1) is 0 Å². The van der Waals surface area contributed by atoms with Gasteiger partial charge in [0.05, 0.1) is 18.3 Å². The molecule has 2 aliphatic rings. The van der Waals surface area contributed by atoms with Crippen LogP contribution < -0.4 is 4.90 Å². The molecule has 188 valence electrons. The van der Waals surface area contributed by atoms with Crippen molar-refractivity contribution in [2.45, 2.75) is 43.6 Å². The molecule has 1 atom stereocenters. The summed E-state index contributed by atoms with van der Waals surface area (Å²) in [5, 5.41) is 19.4. The van der Waals surface area contributed by atoms with Crippen molar-refractivity contribution in [2.24, 2.45) is 0 Å². The first-order chi connectivity index (χ1) is 17.3. The molecule has 0 bridgehead atoms. The van der Waals surface area contributed by atoms with Crippen molar-refractivity contribution in [2.75, 3.05) is 31.1 Å². The Labute approximate surface area is 204 Å². The second-order valence-corrected chi connectivity index (χ2v) is 9.61. The highest BCUT2D eigenvalue weighted by atomic mass is 19.4. The molecule has 4 aromatic rings. The van der Waals surface area contributed by atoms with E-state index in [9.17, 15) is 18.3 Å². The van der Waals surface area contributed by atoms with Crippen LogP contribution in [0.25, 0.3) is 22.2 Å². The van der Waals surface area contributed by atoms with E-state index in [-0.39, 0.29) is 32.0 Å². The van der Waals surface area contributed by atoms with Crippen LogP contribution in [0.3, 0.4) is 0 Å². The van der Waals surface area contributed by atoms with Crippen molar-refractivity contribution in [3.8, 4) is 0 Å². The van der Waals surface area contributed by atoms with Crippen LogP contribution in [0.1, 0.15) is 24.8 Å². The van der Waals surface area contributed by atoms with E-state index >= 15 is 0 Å². The van der Waals surface area contributed by atoms with Crippen LogP contribution >= 0.6 is 0 Å². The van der Waals surface area contributed by atoms with E-state index in [0.29, 0.717) is 30.2 Å². The van der Waals surface area contributed by atoms with E-state index in [0.717, 1.165) is 29.4 Å². The zero-order valence-electron chi connectivity index (χ0n) is 19.4. The summed E-state index contributed by atoms with van der Waals surface area (Å²) in [4.78, 5) is 17.7. The average molecular weight is 499 g/mol. The molecule has 1 unspecified atom stereocenters. The first-order valence-electron chi connectivity index (χ1n) is 12.0. The number of halogens is 3. The van der Waals surface area contributed by atoms with Crippen molar-refractivity contribution >= 4 is 28.0 Å². The van der Waals surface area contributed by atoms with Gasteiger partial charge in [-0.1, -0.05) is 17.3 Å². The van der Waals surface area contributed by atoms with E-state index in [4.69, 9.17) is 4.98 Å². The fourth-order valence-electron chi connectivity index (χ4n) is 5.19. The molecule has 9 nitrogen and oxygen atoms in total. The Morgan fingerprint density at radius 3 is 2.72 bits per heavy atom. The van der Waals surface area contributed by atoms with Gasteiger partial charge in [-0.3, -0.25) is 9.88 Å². The number of aromatic nitrogens is 6. The summed E-state index contributed by atoms with van der Waals surface area (Å²) in [6.45, 7) is 2.29. The molecule has 2 aliphatic heterocycles. The van der Waals surface area contributed by atoms with Gasteiger partial charge < -0.3 is 10.0 Å². The highest BCUT2D eigenvalue weighted by Crippen LogP contribution is 2.39. The number of alkyl halides is 3. The van der Waals surface area contributed by atoms with Gasteiger partial charge >= 0.3 is 6.18 Å². The number of benzene rings is 1. The molecule has 36 heavy (non-hydrogen) atoms. The lowest BCUT2D eigenvalue weighted by Crippen LogP contribution is -2.55. The van der Waals surface area contributed by atoms with Gasteiger partial charge in [-0.2, -0.15) is 13.2 Å². The molecule has 2 fully saturated rings. The summed E-state index contributed by atoms with van der Waals surface area (Å²) in [7, 11) is 0. The van der Waals surface area contributed by atoms with Crippen molar-refractivity contribution in [3.05, 3.63) is 48.3 Å². The van der Waals surface area contributed by atoms with E-state index in [1.807, 2.05) is 29.2 Å². The maximum Gasteiger partial charge on any atom is 0.417 e. The van der Waals surface area contributed by atoms with Crippen LogP contribution in [0.15, 0.2) is 42.7 Å². The third kappa shape index (κ3) is 4.13. The average Bonchev–Trinajstić information content (AvgIpc) is 3.51. The number of hydrogen-bond donors (Lipinski definition) is 1. The molecule has 3 aromatic heterocycles. The van der Waals surface area contributed by atoms with Crippen molar-refractivity contribution in [1.82, 2.24) is 34.8 Å². The summed E-state index contributed by atoms with van der Waals surface area (Å²) >= 11 is 0. The zero-order valence-corrected chi connectivity index (χ0v) is 19.4. The molecule has 0 spiro atoms. The monoisotopic (exact) mass is 498 g/mol. The van der Waals surface area contributed by atoms with Gasteiger partial charge in [0.25, 0.3) is 0 Å². The molecule has 6 rings (SSSR count). The Morgan fingerprint density at radius 1 is 1.08 bits per heavy atom. The maximum atomic E-state index is 13.1. The highest BCUT2D eigenvalue weighted by Gasteiger charge is 2.55. The molecule has 0 amide bonds. The van der Waals surface area contributed by atoms with E-state index in [1.165, 1.54) is 0 Å². The predicted octanol–water partition coefficient (Wildman–Crippen LogP) is 2.79. The van der Waals surface area contributed by atoms with Crippen LogP contribution in [0.5, 0.6) is 0 Å². The number of rotatable bonds is 4. The fourth-order valence-corrected chi connectivity index (χ4v) is 5.19. The third-order valence-electron chi connectivity index (χ3n) is 7.37. The van der Waals surface area contributed by atoms with Crippen molar-refractivity contribution in [3.63, 3.8) is 0 Å². The summed E-state index contributed by atoms with van der Waals surface area (Å²) < 4.78 is 41.2. The number of aliphatic hydroxyl groups is 1. The first-order valence-corrected chi connectivity index (χ1v) is 12.0. The molecule has 0 aliphatic carbocycles.